The number of esters is 1. The minimum absolute atomic E-state index is 0.139. The normalized spacial score (nSPS) is 14.0. The summed E-state index contributed by atoms with van der Waals surface area (Å²) in [6.07, 6.45) is 8.50. The number of aromatic nitrogens is 1. The molecular weight excluding hydrogens is 308 g/mol. The van der Waals surface area contributed by atoms with Crippen molar-refractivity contribution in [3.63, 3.8) is 0 Å². The summed E-state index contributed by atoms with van der Waals surface area (Å²) < 4.78 is 5.10. The summed E-state index contributed by atoms with van der Waals surface area (Å²) in [6.45, 7) is 3.75. The van der Waals surface area contributed by atoms with Crippen LogP contribution in [-0.4, -0.2) is 40.7 Å². The van der Waals surface area contributed by atoms with E-state index in [4.69, 9.17) is 4.74 Å². The Hall–Kier alpha value is -2.37. The van der Waals surface area contributed by atoms with Gasteiger partial charge < -0.3 is 14.6 Å². The lowest BCUT2D eigenvalue weighted by Gasteiger charge is -2.27. The highest BCUT2D eigenvalue weighted by Crippen LogP contribution is 2.21. The lowest BCUT2D eigenvalue weighted by Crippen LogP contribution is -2.35. The summed E-state index contributed by atoms with van der Waals surface area (Å²) in [5.74, 6) is -0.985. The van der Waals surface area contributed by atoms with E-state index in [0.717, 1.165) is 37.8 Å². The number of carbonyl (C=O) groups is 3. The van der Waals surface area contributed by atoms with Crippen molar-refractivity contribution < 1.29 is 19.1 Å². The molecule has 1 heterocycles. The number of aromatic amines is 1. The van der Waals surface area contributed by atoms with E-state index in [0.29, 0.717) is 12.1 Å². The molecular formula is C18H24N2O4. The Bertz CT molecular complexity index is 645. The first kappa shape index (κ1) is 18.0. The van der Waals surface area contributed by atoms with Gasteiger partial charge in [0.15, 0.2) is 12.4 Å². The van der Waals surface area contributed by atoms with E-state index in [1.165, 1.54) is 19.2 Å². The van der Waals surface area contributed by atoms with Crippen LogP contribution in [0.2, 0.25) is 0 Å². The van der Waals surface area contributed by atoms with Gasteiger partial charge in [-0.1, -0.05) is 13.0 Å². The summed E-state index contributed by atoms with van der Waals surface area (Å²) in [5, 5.41) is 0. The van der Waals surface area contributed by atoms with Crippen LogP contribution in [0.3, 0.4) is 0 Å². The predicted molar refractivity (Wildman–Crippen MR) is 89.6 cm³/mol. The molecule has 0 bridgehead atoms. The molecule has 1 aliphatic carbocycles. The van der Waals surface area contributed by atoms with Gasteiger partial charge in [0.2, 0.25) is 0 Å². The zero-order valence-electron chi connectivity index (χ0n) is 14.3. The van der Waals surface area contributed by atoms with Gasteiger partial charge in [0, 0.05) is 24.0 Å². The highest BCUT2D eigenvalue weighted by molar-refractivity contribution is 5.97. The van der Waals surface area contributed by atoms with Crippen LogP contribution in [-0.2, 0) is 9.53 Å². The predicted octanol–water partition coefficient (Wildman–Crippen LogP) is 3.07. The van der Waals surface area contributed by atoms with Gasteiger partial charge in [-0.25, -0.2) is 4.79 Å². The second-order valence-electron chi connectivity index (χ2n) is 5.92. The number of nitrogens with zero attached hydrogens (tertiary/aromatic N) is 1. The van der Waals surface area contributed by atoms with E-state index in [9.17, 15) is 14.4 Å². The quantitative estimate of drug-likeness (QED) is 0.615. The van der Waals surface area contributed by atoms with Crippen molar-refractivity contribution >= 4 is 17.7 Å². The molecule has 0 fully saturated rings. The number of amides is 1. The molecule has 6 nitrogen and oxygen atoms in total. The molecule has 0 saturated carbocycles. The summed E-state index contributed by atoms with van der Waals surface area (Å²) in [7, 11) is 0. The first-order valence-corrected chi connectivity index (χ1v) is 8.38. The molecule has 6 heteroatoms. The third kappa shape index (κ3) is 4.57. The number of nitrogens with one attached hydrogen (secondary N) is 1. The molecule has 1 amide bonds. The Labute approximate surface area is 141 Å². The zero-order valence-corrected chi connectivity index (χ0v) is 14.3. The molecule has 0 atom stereocenters. The van der Waals surface area contributed by atoms with Crippen LogP contribution in [0.1, 0.15) is 66.8 Å². The van der Waals surface area contributed by atoms with Gasteiger partial charge in [0.05, 0.1) is 0 Å². The van der Waals surface area contributed by atoms with Crippen molar-refractivity contribution in [3.05, 3.63) is 35.3 Å². The monoisotopic (exact) mass is 332 g/mol. The SMILES string of the molecule is CCCN(C(=O)COC(=O)c1cc(C(C)=O)c[nH]1)C1=CCCCC1. The maximum Gasteiger partial charge on any atom is 0.355 e. The summed E-state index contributed by atoms with van der Waals surface area (Å²) in [6, 6.07) is 1.43. The standard InChI is InChI=1S/C18H24N2O4/c1-3-9-20(15-7-5-4-6-8-15)17(22)12-24-18(23)16-10-14(11-19-16)13(2)21/h7,10-11,19H,3-6,8-9,12H2,1-2H3. The maximum absolute atomic E-state index is 12.4. The number of allylic oxidation sites excluding steroid dienone is 2. The first-order valence-electron chi connectivity index (χ1n) is 8.38. The molecule has 0 saturated heterocycles. The number of H-pyrrole nitrogens is 1. The Morgan fingerprint density at radius 2 is 2.08 bits per heavy atom. The molecule has 24 heavy (non-hydrogen) atoms. The number of Topliss-reactive ketones (excluding diaryl/α,β-unsaturated/α-hetero) is 1. The fraction of sp³-hybridized carbons (Fsp3) is 0.500. The van der Waals surface area contributed by atoms with Crippen molar-refractivity contribution in [2.75, 3.05) is 13.2 Å². The van der Waals surface area contributed by atoms with Crippen LogP contribution >= 0.6 is 0 Å². The van der Waals surface area contributed by atoms with Crippen molar-refractivity contribution in [1.82, 2.24) is 9.88 Å². The Balaban J connectivity index is 1.95. The van der Waals surface area contributed by atoms with Gasteiger partial charge in [-0.2, -0.15) is 0 Å². The van der Waals surface area contributed by atoms with E-state index in [1.54, 1.807) is 4.90 Å². The number of ketones is 1. The lowest BCUT2D eigenvalue weighted by molar-refractivity contribution is -0.132. The van der Waals surface area contributed by atoms with Crippen molar-refractivity contribution in [3.8, 4) is 0 Å². The van der Waals surface area contributed by atoms with Crippen LogP contribution in [0.4, 0.5) is 0 Å². The number of rotatable bonds is 7. The molecule has 2 rings (SSSR count). The smallest absolute Gasteiger partial charge is 0.355 e. The first-order chi connectivity index (χ1) is 11.5. The molecule has 1 aromatic rings. The van der Waals surface area contributed by atoms with Crippen LogP contribution in [0.25, 0.3) is 0 Å². The fourth-order valence-corrected chi connectivity index (χ4v) is 2.72. The molecule has 130 valence electrons. The molecule has 0 aromatic carbocycles. The minimum Gasteiger partial charge on any atom is -0.451 e. The highest BCUT2D eigenvalue weighted by atomic mass is 16.5. The Kier molecular flexibility index (Phi) is 6.35. The third-order valence-corrected chi connectivity index (χ3v) is 4.00. The van der Waals surface area contributed by atoms with E-state index in [2.05, 4.69) is 11.1 Å². The van der Waals surface area contributed by atoms with Crippen LogP contribution in [0.5, 0.6) is 0 Å². The van der Waals surface area contributed by atoms with Gasteiger partial charge in [-0.05, 0) is 45.1 Å². The molecule has 0 unspecified atom stereocenters. The molecule has 0 spiro atoms. The van der Waals surface area contributed by atoms with E-state index in [-0.39, 0.29) is 24.0 Å². The molecule has 0 radical (unpaired) electrons. The minimum atomic E-state index is -0.634. The van der Waals surface area contributed by atoms with E-state index in [1.807, 2.05) is 6.92 Å². The Morgan fingerprint density at radius 1 is 1.29 bits per heavy atom. The summed E-state index contributed by atoms with van der Waals surface area (Å²) in [4.78, 5) is 40.1. The number of carbonyl (C=O) groups excluding carboxylic acids is 3. The van der Waals surface area contributed by atoms with E-state index < -0.39 is 5.97 Å². The van der Waals surface area contributed by atoms with Crippen LogP contribution in [0.15, 0.2) is 24.0 Å². The molecule has 1 aromatic heterocycles. The maximum atomic E-state index is 12.4. The van der Waals surface area contributed by atoms with Crippen LogP contribution < -0.4 is 0 Å². The number of hydrogen-bond acceptors (Lipinski definition) is 4. The van der Waals surface area contributed by atoms with Gasteiger partial charge >= 0.3 is 5.97 Å². The van der Waals surface area contributed by atoms with Crippen molar-refractivity contribution in [1.29, 1.82) is 0 Å². The fourth-order valence-electron chi connectivity index (χ4n) is 2.72. The molecule has 1 aliphatic rings. The highest BCUT2D eigenvalue weighted by Gasteiger charge is 2.21. The number of ether oxygens (including phenoxy) is 1. The third-order valence-electron chi connectivity index (χ3n) is 4.00. The van der Waals surface area contributed by atoms with Crippen molar-refractivity contribution in [2.24, 2.45) is 0 Å². The summed E-state index contributed by atoms with van der Waals surface area (Å²) in [5.41, 5.74) is 1.61. The van der Waals surface area contributed by atoms with Crippen LogP contribution in [0, 0.1) is 0 Å². The largest absolute Gasteiger partial charge is 0.451 e. The van der Waals surface area contributed by atoms with Gasteiger partial charge in [0.25, 0.3) is 5.91 Å². The lowest BCUT2D eigenvalue weighted by atomic mass is 10.0. The summed E-state index contributed by atoms with van der Waals surface area (Å²) >= 11 is 0. The average molecular weight is 332 g/mol. The molecule has 1 N–H and O–H groups in total. The van der Waals surface area contributed by atoms with E-state index >= 15 is 0 Å². The molecule has 0 aliphatic heterocycles. The average Bonchev–Trinajstić information content (AvgIpc) is 3.08. The Morgan fingerprint density at radius 3 is 2.67 bits per heavy atom. The second kappa shape index (κ2) is 8.47. The topological polar surface area (TPSA) is 79.5 Å². The van der Waals surface area contributed by atoms with Gasteiger partial charge in [-0.3, -0.25) is 9.59 Å². The van der Waals surface area contributed by atoms with Crippen molar-refractivity contribution in [2.45, 2.75) is 46.0 Å². The van der Waals surface area contributed by atoms with Gasteiger partial charge in [-0.15, -0.1) is 0 Å². The number of hydrogen-bond donors (Lipinski definition) is 1. The second-order valence-corrected chi connectivity index (χ2v) is 5.92. The zero-order chi connectivity index (χ0) is 17.5. The van der Waals surface area contributed by atoms with Gasteiger partial charge in [0.1, 0.15) is 5.69 Å².